The molecule has 2 rings (SSSR count). The fourth-order valence-electron chi connectivity index (χ4n) is 1.74. The molecule has 108 valence electrons. The summed E-state index contributed by atoms with van der Waals surface area (Å²) in [6.07, 6.45) is -4.79. The Morgan fingerprint density at radius 2 is 1.81 bits per heavy atom. The number of alkyl halides is 3. The van der Waals surface area contributed by atoms with E-state index in [1.54, 1.807) is 0 Å². The van der Waals surface area contributed by atoms with E-state index in [0.29, 0.717) is 17.8 Å². The maximum Gasteiger partial charge on any atom is 0.419 e. The van der Waals surface area contributed by atoms with Crippen LogP contribution < -0.4 is 11.1 Å². The quantitative estimate of drug-likeness (QED) is 0.649. The molecule has 0 amide bonds. The molecule has 0 aliphatic rings. The van der Waals surface area contributed by atoms with E-state index in [1.807, 2.05) is 6.07 Å². The van der Waals surface area contributed by atoms with E-state index in [9.17, 15) is 17.6 Å². The predicted molar refractivity (Wildman–Crippen MR) is 70.3 cm³/mol. The van der Waals surface area contributed by atoms with Gasteiger partial charge in [-0.3, -0.25) is 0 Å². The number of nitrogens with two attached hydrogens (primary N) is 1. The van der Waals surface area contributed by atoms with Crippen molar-refractivity contribution in [3.8, 4) is 6.07 Å². The molecule has 3 nitrogen and oxygen atoms in total. The predicted octanol–water partition coefficient (Wildman–Crippen LogP) is 4.04. The van der Waals surface area contributed by atoms with Crippen LogP contribution in [0.3, 0.4) is 0 Å². The zero-order chi connectivity index (χ0) is 15.6. The molecule has 0 aromatic heterocycles. The Morgan fingerprint density at radius 1 is 1.10 bits per heavy atom. The molecule has 21 heavy (non-hydrogen) atoms. The lowest BCUT2D eigenvalue weighted by Gasteiger charge is -2.12. The number of anilines is 3. The minimum Gasteiger partial charge on any atom is -0.399 e. The molecule has 2 aromatic carbocycles. The van der Waals surface area contributed by atoms with Crippen molar-refractivity contribution in [2.24, 2.45) is 0 Å². The number of hydrogen-bond acceptors (Lipinski definition) is 3. The monoisotopic (exact) mass is 295 g/mol. The van der Waals surface area contributed by atoms with Gasteiger partial charge in [0.25, 0.3) is 0 Å². The lowest BCUT2D eigenvalue weighted by atomic mass is 10.1. The number of halogens is 4. The van der Waals surface area contributed by atoms with Gasteiger partial charge in [0, 0.05) is 11.4 Å². The number of nitrogens with zero attached hydrogens (tertiary/aromatic N) is 1. The second-order valence-electron chi connectivity index (χ2n) is 4.23. The highest BCUT2D eigenvalue weighted by Crippen LogP contribution is 2.34. The summed E-state index contributed by atoms with van der Waals surface area (Å²) in [7, 11) is 0. The maximum absolute atomic E-state index is 13.2. The summed E-state index contributed by atoms with van der Waals surface area (Å²) >= 11 is 0. The van der Waals surface area contributed by atoms with Gasteiger partial charge >= 0.3 is 6.18 Å². The molecule has 0 atom stereocenters. The number of hydrogen-bond donors (Lipinski definition) is 2. The SMILES string of the molecule is N#Cc1cc(N)ccc1Nc1ccc(F)c(C(F)(F)F)c1. The Bertz CT molecular complexity index is 717. The lowest BCUT2D eigenvalue weighted by Crippen LogP contribution is -2.08. The molecule has 7 heteroatoms. The second kappa shape index (κ2) is 5.32. The fourth-order valence-corrected chi connectivity index (χ4v) is 1.74. The van der Waals surface area contributed by atoms with Gasteiger partial charge in [-0.15, -0.1) is 0 Å². The first kappa shape index (κ1) is 14.7. The van der Waals surface area contributed by atoms with Crippen LogP contribution in [0.4, 0.5) is 34.6 Å². The highest BCUT2D eigenvalue weighted by Gasteiger charge is 2.34. The third-order valence-corrected chi connectivity index (χ3v) is 2.71. The van der Waals surface area contributed by atoms with E-state index in [-0.39, 0.29) is 16.9 Å². The Hall–Kier alpha value is -2.75. The minimum atomic E-state index is -4.79. The molecule has 3 N–H and O–H groups in total. The normalized spacial score (nSPS) is 11.0. The standard InChI is InChI=1S/C14H9F4N3/c15-12-3-2-10(6-11(12)14(16,17)18)21-13-4-1-9(20)5-8(13)7-19/h1-6,21H,20H2. The van der Waals surface area contributed by atoms with E-state index >= 15 is 0 Å². The summed E-state index contributed by atoms with van der Waals surface area (Å²) in [6, 6.07) is 8.74. The Morgan fingerprint density at radius 3 is 2.43 bits per heavy atom. The molecule has 0 aliphatic heterocycles. The number of nitrogen functional groups attached to an aromatic ring is 1. The van der Waals surface area contributed by atoms with Gasteiger partial charge < -0.3 is 11.1 Å². The van der Waals surface area contributed by atoms with Crippen LogP contribution in [0.5, 0.6) is 0 Å². The summed E-state index contributed by atoms with van der Waals surface area (Å²) in [6.45, 7) is 0. The molecule has 0 saturated heterocycles. The number of nitriles is 1. The van der Waals surface area contributed by atoms with Crippen LogP contribution in [0.25, 0.3) is 0 Å². The van der Waals surface area contributed by atoms with Gasteiger partial charge in [-0.2, -0.15) is 18.4 Å². The van der Waals surface area contributed by atoms with Gasteiger partial charge in [-0.25, -0.2) is 4.39 Å². The first-order chi connectivity index (χ1) is 9.81. The van der Waals surface area contributed by atoms with Crippen LogP contribution in [-0.4, -0.2) is 0 Å². The van der Waals surface area contributed by atoms with Crippen LogP contribution >= 0.6 is 0 Å². The van der Waals surface area contributed by atoms with Gasteiger partial charge in [-0.05, 0) is 36.4 Å². The third kappa shape index (κ3) is 3.23. The zero-order valence-corrected chi connectivity index (χ0v) is 10.5. The largest absolute Gasteiger partial charge is 0.419 e. The Labute approximate surface area is 117 Å². The van der Waals surface area contributed by atoms with Crippen LogP contribution in [-0.2, 0) is 6.18 Å². The van der Waals surface area contributed by atoms with E-state index < -0.39 is 17.6 Å². The number of nitrogens with one attached hydrogen (secondary N) is 1. The second-order valence-corrected chi connectivity index (χ2v) is 4.23. The van der Waals surface area contributed by atoms with Crippen molar-refractivity contribution in [3.63, 3.8) is 0 Å². The summed E-state index contributed by atoms with van der Waals surface area (Å²) in [5, 5.41) is 11.6. The molecule has 0 fully saturated rings. The molecule has 0 heterocycles. The van der Waals surface area contributed by atoms with Crippen molar-refractivity contribution < 1.29 is 17.6 Å². The van der Waals surface area contributed by atoms with Crippen molar-refractivity contribution >= 4 is 17.1 Å². The van der Waals surface area contributed by atoms with Gasteiger partial charge in [0.05, 0.1) is 16.8 Å². The molecule has 0 aliphatic carbocycles. The van der Waals surface area contributed by atoms with Crippen molar-refractivity contribution in [1.82, 2.24) is 0 Å². The highest BCUT2D eigenvalue weighted by molar-refractivity contribution is 5.69. The molecule has 2 aromatic rings. The summed E-state index contributed by atoms with van der Waals surface area (Å²) < 4.78 is 51.1. The third-order valence-electron chi connectivity index (χ3n) is 2.71. The summed E-state index contributed by atoms with van der Waals surface area (Å²) in [5.41, 5.74) is 4.98. The van der Waals surface area contributed by atoms with E-state index in [2.05, 4.69) is 5.32 Å². The molecule has 0 radical (unpaired) electrons. The molecule has 0 spiro atoms. The zero-order valence-electron chi connectivity index (χ0n) is 10.5. The highest BCUT2D eigenvalue weighted by atomic mass is 19.4. The average molecular weight is 295 g/mol. The Balaban J connectivity index is 2.40. The fraction of sp³-hybridized carbons (Fsp3) is 0.0714. The topological polar surface area (TPSA) is 61.8 Å². The molecular weight excluding hydrogens is 286 g/mol. The molecule has 0 unspecified atom stereocenters. The maximum atomic E-state index is 13.2. The van der Waals surface area contributed by atoms with Gasteiger partial charge in [0.1, 0.15) is 11.9 Å². The average Bonchev–Trinajstić information content (AvgIpc) is 2.41. The van der Waals surface area contributed by atoms with Gasteiger partial charge in [-0.1, -0.05) is 0 Å². The Kier molecular flexibility index (Phi) is 3.72. The molecular formula is C14H9F4N3. The van der Waals surface area contributed by atoms with Crippen molar-refractivity contribution in [3.05, 3.63) is 53.3 Å². The van der Waals surface area contributed by atoms with Gasteiger partial charge in [0.15, 0.2) is 0 Å². The van der Waals surface area contributed by atoms with Crippen LogP contribution in [0.1, 0.15) is 11.1 Å². The van der Waals surface area contributed by atoms with Crippen molar-refractivity contribution in [2.75, 3.05) is 11.1 Å². The van der Waals surface area contributed by atoms with Crippen molar-refractivity contribution in [2.45, 2.75) is 6.18 Å². The minimum absolute atomic E-state index is 0.0185. The molecule has 0 saturated carbocycles. The lowest BCUT2D eigenvalue weighted by molar-refractivity contribution is -0.139. The van der Waals surface area contributed by atoms with E-state index in [4.69, 9.17) is 11.0 Å². The van der Waals surface area contributed by atoms with E-state index in [0.717, 1.165) is 6.07 Å². The van der Waals surface area contributed by atoms with Crippen LogP contribution in [0, 0.1) is 17.1 Å². The van der Waals surface area contributed by atoms with Gasteiger partial charge in [0.2, 0.25) is 0 Å². The van der Waals surface area contributed by atoms with Crippen molar-refractivity contribution in [1.29, 1.82) is 5.26 Å². The summed E-state index contributed by atoms with van der Waals surface area (Å²) in [5.74, 6) is -1.36. The smallest absolute Gasteiger partial charge is 0.399 e. The van der Waals surface area contributed by atoms with Crippen LogP contribution in [0.15, 0.2) is 36.4 Å². The first-order valence-electron chi connectivity index (χ1n) is 5.74. The van der Waals surface area contributed by atoms with E-state index in [1.165, 1.54) is 18.2 Å². The number of rotatable bonds is 2. The summed E-state index contributed by atoms with van der Waals surface area (Å²) in [4.78, 5) is 0. The first-order valence-corrected chi connectivity index (χ1v) is 5.74. The molecule has 0 bridgehead atoms. The number of benzene rings is 2. The van der Waals surface area contributed by atoms with Crippen LogP contribution in [0.2, 0.25) is 0 Å².